The fourth-order valence-corrected chi connectivity index (χ4v) is 16.1. The van der Waals surface area contributed by atoms with E-state index in [1.165, 1.54) is 46.9 Å². The van der Waals surface area contributed by atoms with E-state index in [1.807, 2.05) is 177 Å². The van der Waals surface area contributed by atoms with Crippen LogP contribution in [0, 0.1) is 25.7 Å². The molecule has 20 nitrogen and oxygen atoms in total. The van der Waals surface area contributed by atoms with Gasteiger partial charge in [0.1, 0.15) is 16.0 Å². The summed E-state index contributed by atoms with van der Waals surface area (Å²) < 4.78 is 0. The number of rotatable bonds is 14. The summed E-state index contributed by atoms with van der Waals surface area (Å²) >= 11 is 28.2. The summed E-state index contributed by atoms with van der Waals surface area (Å²) in [6, 6.07) is 82.9. The molecule has 7 heterocycles. The average Bonchev–Trinajstić information content (AvgIpc) is 0.773. The minimum atomic E-state index is -1.03. The number of nitrogens with two attached hydrogens (primary N) is 1. The summed E-state index contributed by atoms with van der Waals surface area (Å²) in [7, 11) is 0. The molecule has 15 rings (SSSR count). The van der Waals surface area contributed by atoms with Crippen LogP contribution in [0.4, 0.5) is 28.4 Å². The molecule has 5 amide bonds. The van der Waals surface area contributed by atoms with Gasteiger partial charge < -0.3 is 42.3 Å². The maximum absolute atomic E-state index is 13.7. The van der Waals surface area contributed by atoms with E-state index in [-0.39, 0.29) is 102 Å². The molecule has 2 saturated heterocycles. The molecular weight excluding hydrogens is 1820 g/mol. The molecule has 0 radical (unpaired) electrons. The Morgan fingerprint density at radius 1 is 0.401 bits per heavy atom. The lowest BCUT2D eigenvalue weighted by atomic mass is 9.83. The van der Waals surface area contributed by atoms with Crippen LogP contribution in [0.1, 0.15) is 244 Å². The Bertz CT molecular complexity index is 6270. The largest absolute Gasteiger partial charge is 0.477 e. The first kappa shape index (κ1) is 108. The number of anilines is 5. The van der Waals surface area contributed by atoms with E-state index < -0.39 is 11.2 Å². The van der Waals surface area contributed by atoms with E-state index >= 15 is 0 Å². The maximum Gasteiger partial charge on any atom is 0.354 e. The van der Waals surface area contributed by atoms with Gasteiger partial charge in [0.15, 0.2) is 5.69 Å². The first-order chi connectivity index (χ1) is 64.7. The van der Waals surface area contributed by atoms with Crippen LogP contribution in [-0.4, -0.2) is 88.8 Å². The van der Waals surface area contributed by atoms with E-state index in [4.69, 9.17) is 68.8 Å². The highest BCUT2D eigenvalue weighted by Gasteiger charge is 2.41. The topological polar surface area (TPSA) is 294 Å². The Labute approximate surface area is 831 Å². The number of hydrogen-bond acceptors (Lipinski definition) is 14. The molecule has 5 aromatic heterocycles. The lowest BCUT2D eigenvalue weighted by molar-refractivity contribution is -0.123. The number of nitrogens with one attached hydrogen (secondary N) is 5. The zero-order valence-electron chi connectivity index (χ0n) is 80.7. The molecule has 8 N–H and O–H groups in total. The lowest BCUT2D eigenvalue weighted by Crippen LogP contribution is -2.46. The molecule has 714 valence electrons. The van der Waals surface area contributed by atoms with Crippen LogP contribution in [0.15, 0.2) is 292 Å². The van der Waals surface area contributed by atoms with Crippen LogP contribution >= 0.6 is 58.0 Å². The van der Waals surface area contributed by atoms with Gasteiger partial charge in [-0.25, -0.2) is 24.7 Å². The number of carboxylic acids is 1. The molecular formula is C112H123Cl5N12O8. The van der Waals surface area contributed by atoms with Crippen molar-refractivity contribution in [1.29, 1.82) is 0 Å². The molecule has 13 aromatic rings. The number of likely N-dealkylation sites (tertiary alicyclic amines) is 1. The lowest BCUT2D eigenvalue weighted by Gasteiger charge is -2.41. The minimum absolute atomic E-state index is 0.0230. The van der Waals surface area contributed by atoms with E-state index in [0.29, 0.717) is 51.1 Å². The SMILES string of the molecule is CC(C)(C)c1cccc(N)c1.CC(C)(C)c1cccc(NC(=O)[C@H]2CCCN[C@H]2c2ccccc2)c1.CC(C)(C)c1cccc(NC(=O)c2cccnc2-c2ccccc2)c1.CC(C)(C)c1cccc(NC(=O)c2cccnc2Cl)c1.Cc1cc(Cl)cnc1C(=O)N1CCCC(C(=O)Nc2cccc(C(C)(C)C)c2)[C@@H]1c1ccccc1.Cc1cc(Cl)cnc1C(=O)O.O=C(Cl)c1cccnc1Cl. The van der Waals surface area contributed by atoms with Gasteiger partial charge in [-0.1, -0.05) is 302 Å². The maximum atomic E-state index is 13.7. The number of piperidine rings is 2. The van der Waals surface area contributed by atoms with Crippen molar-refractivity contribution in [2.75, 3.05) is 40.1 Å². The van der Waals surface area contributed by atoms with Gasteiger partial charge in [-0.3, -0.25) is 33.8 Å². The second-order valence-corrected chi connectivity index (χ2v) is 40.4. The Morgan fingerprint density at radius 2 is 0.781 bits per heavy atom. The summed E-state index contributed by atoms with van der Waals surface area (Å²) in [4.78, 5) is 108. The molecule has 0 spiro atoms. The van der Waals surface area contributed by atoms with Crippen molar-refractivity contribution in [3.63, 3.8) is 0 Å². The number of aryl methyl sites for hydroxylation is 2. The first-order valence-electron chi connectivity index (χ1n) is 45.3. The number of carbonyl (C=O) groups is 7. The number of benzene rings is 8. The highest BCUT2D eigenvalue weighted by Crippen LogP contribution is 2.40. The van der Waals surface area contributed by atoms with Gasteiger partial charge in [0.05, 0.1) is 50.3 Å². The van der Waals surface area contributed by atoms with Crippen LogP contribution in [0.25, 0.3) is 11.3 Å². The van der Waals surface area contributed by atoms with Crippen molar-refractivity contribution in [3.05, 3.63) is 390 Å². The molecule has 0 aliphatic carbocycles. The number of nitrogen functional groups attached to an aromatic ring is 1. The van der Waals surface area contributed by atoms with E-state index in [2.05, 4.69) is 198 Å². The van der Waals surface area contributed by atoms with Gasteiger partial charge >= 0.3 is 5.97 Å². The number of amides is 5. The third kappa shape index (κ3) is 32.7. The number of aromatic nitrogens is 5. The number of pyridine rings is 5. The molecule has 2 aliphatic rings. The highest BCUT2D eigenvalue weighted by molar-refractivity contribution is 6.68. The third-order valence-corrected chi connectivity index (χ3v) is 23.8. The van der Waals surface area contributed by atoms with E-state index in [0.717, 1.165) is 82.1 Å². The Balaban J connectivity index is 0.000000187. The number of aromatic carboxylic acids is 1. The Morgan fingerprint density at radius 3 is 1.19 bits per heavy atom. The first-order valence-corrected chi connectivity index (χ1v) is 47.2. The summed E-state index contributed by atoms with van der Waals surface area (Å²) in [6.07, 6.45) is 10.9. The second kappa shape index (κ2) is 49.8. The molecule has 0 saturated carbocycles. The zero-order chi connectivity index (χ0) is 100. The minimum Gasteiger partial charge on any atom is -0.477 e. The number of carbonyl (C=O) groups excluding carboxylic acids is 6. The Kier molecular flexibility index (Phi) is 39.2. The van der Waals surface area contributed by atoms with Crippen molar-refractivity contribution < 1.29 is 38.7 Å². The van der Waals surface area contributed by atoms with Gasteiger partial charge in [-0.05, 0) is 244 Å². The molecule has 137 heavy (non-hydrogen) atoms. The number of nitrogens with zero attached hydrogens (tertiary/aromatic N) is 6. The monoisotopic (exact) mass is 1940 g/mol. The van der Waals surface area contributed by atoms with Crippen molar-refractivity contribution >= 4 is 127 Å². The van der Waals surface area contributed by atoms with E-state index in [9.17, 15) is 33.6 Å². The van der Waals surface area contributed by atoms with Crippen molar-refractivity contribution in [2.45, 2.75) is 183 Å². The third-order valence-electron chi connectivity index (χ3n) is 22.6. The van der Waals surface area contributed by atoms with Crippen LogP contribution < -0.4 is 32.3 Å². The predicted octanol–water partition coefficient (Wildman–Crippen LogP) is 27.2. The van der Waals surface area contributed by atoms with Crippen LogP contribution in [-0.2, 0) is 36.7 Å². The van der Waals surface area contributed by atoms with Gasteiger partial charge in [-0.2, -0.15) is 0 Å². The number of carboxylic acid groups (broad SMARTS) is 1. The van der Waals surface area contributed by atoms with Crippen molar-refractivity contribution in [1.82, 2.24) is 35.1 Å². The highest BCUT2D eigenvalue weighted by atomic mass is 35.5. The molecule has 8 aromatic carbocycles. The standard InChI is InChI=1S/C29H32ClN3O2.C22H28N2O.C22H22N2O.C16H17ClN2O.C10H15N.C7H6ClNO2.C6H3Cl2NO/c1-19-16-22(30)18-31-25(19)28(35)33-15-9-14-24(26(33)20-10-6-5-7-11-20)27(34)32-23-13-8-12-21(17-23)29(2,3)4;2*1-22(2,3)17-11-7-12-18(15-17)24-21(25)19-13-8-14-23-20(19)16-9-5-4-6-10-16;1-16(2,3)11-6-4-7-12(10-11)19-15(20)13-8-5-9-18-14(13)17;1-10(2,3)8-5-4-6-9(11)7-8;1-4-2-5(8)3-9-6(4)7(10)11;7-5-4(6(8)10)2-1-3-9-5/h5-8,10-13,16-18,24,26H,9,14-15H2,1-4H3,(H,32,34);4-7,9-12,15,19-20,23H,8,13-14H2,1-3H3,(H,24,25);4-15H,1-3H3,(H,24,25);4-10H,1-3H3,(H,19,20);4-7H,11H2,1-3H3;2-3H,1H3,(H,10,11);1-3H/t24?,26-;19-,20-;;;;;/m00...../s1. The molecule has 1 unspecified atom stereocenters. The average molecular weight is 1940 g/mol. The molecule has 0 bridgehead atoms. The smallest absolute Gasteiger partial charge is 0.354 e. The van der Waals surface area contributed by atoms with Crippen molar-refractivity contribution in [2.24, 2.45) is 11.8 Å². The van der Waals surface area contributed by atoms with Gasteiger partial charge in [0, 0.05) is 77.6 Å². The Hall–Kier alpha value is -12.8. The summed E-state index contributed by atoms with van der Waals surface area (Å²) in [5, 5.41) is 24.9. The molecule has 25 heteroatoms. The van der Waals surface area contributed by atoms with Gasteiger partial charge in [0.25, 0.3) is 23.0 Å². The summed E-state index contributed by atoms with van der Waals surface area (Å²) in [5.74, 6) is -2.03. The fraction of sp³-hybridized carbons (Fsp3) is 0.286. The molecule has 2 fully saturated rings. The quantitative estimate of drug-likeness (QED) is 0.0303. The number of halogens is 5. The summed E-state index contributed by atoms with van der Waals surface area (Å²) in [5.41, 5.74) is 22.7. The predicted molar refractivity (Wildman–Crippen MR) is 559 cm³/mol. The van der Waals surface area contributed by atoms with Gasteiger partial charge in [0.2, 0.25) is 11.8 Å². The zero-order valence-corrected chi connectivity index (χ0v) is 84.5. The second-order valence-electron chi connectivity index (χ2n) is 38.4. The number of hydrogen-bond donors (Lipinski definition) is 7. The molecule has 2 aliphatic heterocycles. The van der Waals surface area contributed by atoms with Gasteiger partial charge in [-0.15, -0.1) is 0 Å². The van der Waals surface area contributed by atoms with Crippen molar-refractivity contribution in [3.8, 4) is 11.3 Å². The van der Waals surface area contributed by atoms with Crippen LogP contribution in [0.5, 0.6) is 0 Å². The summed E-state index contributed by atoms with van der Waals surface area (Å²) in [6.45, 7) is 37.4. The normalized spacial score (nSPS) is 14.5. The van der Waals surface area contributed by atoms with Crippen LogP contribution in [0.2, 0.25) is 20.4 Å². The van der Waals surface area contributed by atoms with E-state index in [1.54, 1.807) is 66.7 Å². The van der Waals surface area contributed by atoms with Crippen LogP contribution in [0.3, 0.4) is 0 Å². The molecule has 4 atom stereocenters. The fourth-order valence-electron chi connectivity index (χ4n) is 15.0.